The molecule has 0 radical (unpaired) electrons. The van der Waals surface area contributed by atoms with Gasteiger partial charge in [0.15, 0.2) is 0 Å². The summed E-state index contributed by atoms with van der Waals surface area (Å²) in [5.41, 5.74) is 5.00. The van der Waals surface area contributed by atoms with E-state index >= 15 is 0 Å². The first-order valence-corrected chi connectivity index (χ1v) is 6.70. The Hall–Kier alpha value is -0.540. The second-order valence-corrected chi connectivity index (χ2v) is 4.58. The van der Waals surface area contributed by atoms with Gasteiger partial charge in [-0.05, 0) is 37.4 Å². The van der Waals surface area contributed by atoms with E-state index in [4.69, 9.17) is 0 Å². The van der Waals surface area contributed by atoms with Gasteiger partial charge in [-0.1, -0.05) is 27.7 Å². The maximum Gasteiger partial charge on any atom is 0.0472 e. The zero-order chi connectivity index (χ0) is 12.0. The van der Waals surface area contributed by atoms with Gasteiger partial charge in [-0.15, -0.1) is 0 Å². The fourth-order valence-electron chi connectivity index (χ4n) is 2.13. The summed E-state index contributed by atoms with van der Waals surface area (Å²) < 4.78 is 0. The van der Waals surface area contributed by atoms with Crippen LogP contribution >= 0.6 is 0 Å². The van der Waals surface area contributed by atoms with Crippen molar-refractivity contribution in [3.05, 3.63) is 11.8 Å². The van der Waals surface area contributed by atoms with Crippen molar-refractivity contribution in [2.75, 3.05) is 19.6 Å². The van der Waals surface area contributed by atoms with Crippen molar-refractivity contribution in [3.63, 3.8) is 0 Å². The van der Waals surface area contributed by atoms with Crippen LogP contribution in [0.2, 0.25) is 0 Å². The smallest absolute Gasteiger partial charge is 0.0472 e. The summed E-state index contributed by atoms with van der Waals surface area (Å²) in [5.74, 6) is 0.675. The Morgan fingerprint density at radius 1 is 1.25 bits per heavy atom. The van der Waals surface area contributed by atoms with Crippen molar-refractivity contribution < 1.29 is 0 Å². The Kier molecular flexibility index (Phi) is 5.85. The standard InChI is InChI=1S/C11H21N3.C2H6/c1-9(2)10-7-13-14(8-10)11-3-5-12-6-4-11;1-2/h8-9,11-13H,3-7H2,1-2H3;1-2H3. The number of nitrogens with zero attached hydrogens (tertiary/aromatic N) is 1. The van der Waals surface area contributed by atoms with Crippen molar-refractivity contribution >= 4 is 0 Å². The molecule has 1 saturated heterocycles. The van der Waals surface area contributed by atoms with E-state index in [1.54, 1.807) is 0 Å². The summed E-state index contributed by atoms with van der Waals surface area (Å²) in [4.78, 5) is 0. The second kappa shape index (κ2) is 6.92. The number of hydrogen-bond donors (Lipinski definition) is 2. The predicted octanol–water partition coefficient (Wildman–Crippen LogP) is 2.12. The quantitative estimate of drug-likeness (QED) is 0.754. The molecule has 0 aromatic carbocycles. The molecule has 16 heavy (non-hydrogen) atoms. The van der Waals surface area contributed by atoms with Crippen molar-refractivity contribution in [1.82, 2.24) is 15.8 Å². The molecular weight excluding hydrogens is 198 g/mol. The van der Waals surface area contributed by atoms with Crippen molar-refractivity contribution in [1.29, 1.82) is 0 Å². The van der Waals surface area contributed by atoms with E-state index in [0.29, 0.717) is 12.0 Å². The fraction of sp³-hybridized carbons (Fsp3) is 0.846. The monoisotopic (exact) mass is 225 g/mol. The number of piperidine rings is 1. The molecule has 2 N–H and O–H groups in total. The third-order valence-electron chi connectivity index (χ3n) is 3.21. The Balaban J connectivity index is 0.000000606. The Labute approximate surface area is 100 Å². The maximum absolute atomic E-state index is 3.47. The normalized spacial score (nSPS) is 21.8. The molecule has 0 amide bonds. The molecule has 0 bridgehead atoms. The first-order chi connectivity index (χ1) is 7.77. The molecule has 94 valence electrons. The summed E-state index contributed by atoms with van der Waals surface area (Å²) in [6.07, 6.45) is 4.84. The van der Waals surface area contributed by atoms with E-state index in [1.807, 2.05) is 13.8 Å². The van der Waals surface area contributed by atoms with Crippen LogP contribution in [0.15, 0.2) is 11.8 Å². The lowest BCUT2D eigenvalue weighted by Gasteiger charge is -2.31. The molecule has 0 unspecified atom stereocenters. The van der Waals surface area contributed by atoms with Gasteiger partial charge in [-0.2, -0.15) is 0 Å². The van der Waals surface area contributed by atoms with Crippen molar-refractivity contribution in [2.45, 2.75) is 46.6 Å². The maximum atomic E-state index is 3.47. The molecule has 2 aliphatic rings. The SMILES string of the molecule is CC.CC(C)C1=CN(C2CCNCC2)NC1. The minimum atomic E-state index is 0.675. The molecule has 2 heterocycles. The molecule has 0 atom stereocenters. The van der Waals surface area contributed by atoms with Crippen LogP contribution in [0.4, 0.5) is 0 Å². The summed E-state index contributed by atoms with van der Waals surface area (Å²) >= 11 is 0. The van der Waals surface area contributed by atoms with Crippen LogP contribution in [0.25, 0.3) is 0 Å². The highest BCUT2D eigenvalue weighted by Gasteiger charge is 2.23. The molecule has 3 heteroatoms. The van der Waals surface area contributed by atoms with E-state index in [-0.39, 0.29) is 0 Å². The molecular formula is C13H27N3. The zero-order valence-electron chi connectivity index (χ0n) is 11.2. The van der Waals surface area contributed by atoms with E-state index in [1.165, 1.54) is 18.4 Å². The Morgan fingerprint density at radius 2 is 1.88 bits per heavy atom. The van der Waals surface area contributed by atoms with E-state index in [0.717, 1.165) is 19.6 Å². The summed E-state index contributed by atoms with van der Waals surface area (Å²) in [5, 5.41) is 5.73. The van der Waals surface area contributed by atoms with Gasteiger partial charge in [0.05, 0.1) is 0 Å². The summed E-state index contributed by atoms with van der Waals surface area (Å²) in [6, 6.07) is 0.701. The number of nitrogens with one attached hydrogen (secondary N) is 2. The molecule has 3 nitrogen and oxygen atoms in total. The predicted molar refractivity (Wildman–Crippen MR) is 70.0 cm³/mol. The number of hydrogen-bond acceptors (Lipinski definition) is 3. The largest absolute Gasteiger partial charge is 0.317 e. The van der Waals surface area contributed by atoms with Gasteiger partial charge in [0.25, 0.3) is 0 Å². The first-order valence-electron chi connectivity index (χ1n) is 6.70. The summed E-state index contributed by atoms with van der Waals surface area (Å²) in [6.45, 7) is 11.9. The lowest BCUT2D eigenvalue weighted by molar-refractivity contribution is 0.182. The molecule has 2 aliphatic heterocycles. The van der Waals surface area contributed by atoms with Gasteiger partial charge in [0, 0.05) is 18.8 Å². The van der Waals surface area contributed by atoms with E-state index in [2.05, 4.69) is 35.8 Å². The first kappa shape index (κ1) is 13.5. The molecule has 0 aromatic heterocycles. The molecule has 0 saturated carbocycles. The van der Waals surface area contributed by atoms with Crippen LogP contribution in [-0.2, 0) is 0 Å². The van der Waals surface area contributed by atoms with Crippen LogP contribution in [0, 0.1) is 5.92 Å². The Morgan fingerprint density at radius 3 is 2.38 bits per heavy atom. The topological polar surface area (TPSA) is 27.3 Å². The molecule has 0 aromatic rings. The van der Waals surface area contributed by atoms with Gasteiger partial charge < -0.3 is 10.3 Å². The van der Waals surface area contributed by atoms with Gasteiger partial charge in [0.1, 0.15) is 0 Å². The van der Waals surface area contributed by atoms with Crippen LogP contribution in [0.3, 0.4) is 0 Å². The third kappa shape index (κ3) is 3.49. The zero-order valence-corrected chi connectivity index (χ0v) is 11.2. The average Bonchev–Trinajstić information content (AvgIpc) is 2.82. The molecule has 0 spiro atoms. The highest BCUT2D eigenvalue weighted by molar-refractivity contribution is 5.11. The minimum absolute atomic E-state index is 0.675. The van der Waals surface area contributed by atoms with Crippen LogP contribution in [0.1, 0.15) is 40.5 Å². The van der Waals surface area contributed by atoms with Crippen LogP contribution < -0.4 is 10.7 Å². The lowest BCUT2D eigenvalue weighted by Crippen LogP contribution is -2.44. The van der Waals surface area contributed by atoms with Gasteiger partial charge in [-0.3, -0.25) is 0 Å². The highest BCUT2D eigenvalue weighted by atomic mass is 15.5. The van der Waals surface area contributed by atoms with Gasteiger partial charge in [0.2, 0.25) is 0 Å². The van der Waals surface area contributed by atoms with E-state index < -0.39 is 0 Å². The van der Waals surface area contributed by atoms with E-state index in [9.17, 15) is 0 Å². The fourth-order valence-corrected chi connectivity index (χ4v) is 2.13. The lowest BCUT2D eigenvalue weighted by atomic mass is 10.0. The van der Waals surface area contributed by atoms with Crippen molar-refractivity contribution in [3.8, 4) is 0 Å². The third-order valence-corrected chi connectivity index (χ3v) is 3.21. The molecule has 2 rings (SSSR count). The number of hydrazine groups is 1. The second-order valence-electron chi connectivity index (χ2n) is 4.58. The van der Waals surface area contributed by atoms with Crippen LogP contribution in [0.5, 0.6) is 0 Å². The minimum Gasteiger partial charge on any atom is -0.317 e. The molecule has 0 aliphatic carbocycles. The highest BCUT2D eigenvalue weighted by Crippen LogP contribution is 2.19. The Bertz CT molecular complexity index is 217. The van der Waals surface area contributed by atoms with Gasteiger partial charge in [-0.25, -0.2) is 5.43 Å². The van der Waals surface area contributed by atoms with Crippen LogP contribution in [-0.4, -0.2) is 30.7 Å². The average molecular weight is 225 g/mol. The summed E-state index contributed by atoms with van der Waals surface area (Å²) in [7, 11) is 0. The number of rotatable bonds is 2. The van der Waals surface area contributed by atoms with Gasteiger partial charge >= 0.3 is 0 Å². The molecule has 1 fully saturated rings. The van der Waals surface area contributed by atoms with Crippen molar-refractivity contribution in [2.24, 2.45) is 5.92 Å².